The normalized spacial score (nSPS) is 11.2. The molecule has 3 rings (SSSR count). The van der Waals surface area contributed by atoms with E-state index in [1.807, 2.05) is 10.6 Å². The highest BCUT2D eigenvalue weighted by Gasteiger charge is 2.09. The molecule has 5 heteroatoms. The maximum atomic E-state index is 4.57. The Morgan fingerprint density at radius 1 is 1.11 bits per heavy atom. The van der Waals surface area contributed by atoms with Gasteiger partial charge in [0.2, 0.25) is 4.96 Å². The van der Waals surface area contributed by atoms with Crippen molar-refractivity contribution in [3.05, 3.63) is 46.7 Å². The third-order valence-electron chi connectivity index (χ3n) is 2.88. The van der Waals surface area contributed by atoms with Crippen molar-refractivity contribution in [2.24, 2.45) is 0 Å². The molecule has 0 radical (unpaired) electrons. The number of hydrogen-bond acceptors (Lipinski definition) is 4. The van der Waals surface area contributed by atoms with Crippen LogP contribution in [0.25, 0.3) is 4.96 Å². The highest BCUT2D eigenvalue weighted by Crippen LogP contribution is 2.16. The van der Waals surface area contributed by atoms with Crippen molar-refractivity contribution in [3.63, 3.8) is 0 Å². The van der Waals surface area contributed by atoms with Crippen LogP contribution in [0.3, 0.4) is 0 Å². The largest absolute Gasteiger partial charge is 0.234 e. The van der Waals surface area contributed by atoms with E-state index in [4.69, 9.17) is 0 Å². The lowest BCUT2D eigenvalue weighted by Gasteiger charge is -1.97. The lowest BCUT2D eigenvalue weighted by atomic mass is 10.1. The molecule has 0 aliphatic rings. The predicted molar refractivity (Wildman–Crippen MR) is 71.9 cm³/mol. The molecule has 4 nitrogen and oxygen atoms in total. The fourth-order valence-corrected chi connectivity index (χ4v) is 2.77. The van der Waals surface area contributed by atoms with Crippen molar-refractivity contribution in [1.82, 2.24) is 19.8 Å². The van der Waals surface area contributed by atoms with E-state index in [1.165, 1.54) is 5.56 Å². The molecule has 0 fully saturated rings. The molecule has 0 atom stereocenters. The minimum atomic E-state index is 0.864. The smallest absolute Gasteiger partial charge is 0.187 e. The van der Waals surface area contributed by atoms with E-state index in [2.05, 4.69) is 46.5 Å². The van der Waals surface area contributed by atoms with Crippen molar-refractivity contribution in [2.45, 2.75) is 26.2 Å². The van der Waals surface area contributed by atoms with E-state index in [0.29, 0.717) is 0 Å². The molecule has 0 amide bonds. The van der Waals surface area contributed by atoms with Crippen LogP contribution in [0.2, 0.25) is 0 Å². The van der Waals surface area contributed by atoms with E-state index >= 15 is 0 Å². The molecule has 1 aromatic carbocycles. The summed E-state index contributed by atoms with van der Waals surface area (Å²) in [5, 5.41) is 13.9. The van der Waals surface area contributed by atoms with Crippen molar-refractivity contribution >= 4 is 16.3 Å². The Balaban J connectivity index is 1.77. The lowest BCUT2D eigenvalue weighted by molar-refractivity contribution is 0.800. The summed E-state index contributed by atoms with van der Waals surface area (Å²) >= 11 is 1.63. The highest BCUT2D eigenvalue weighted by molar-refractivity contribution is 7.16. The summed E-state index contributed by atoms with van der Waals surface area (Å²) < 4.78 is 1.87. The number of benzene rings is 1. The molecule has 0 saturated heterocycles. The van der Waals surface area contributed by atoms with E-state index in [9.17, 15) is 0 Å². The maximum Gasteiger partial charge on any atom is 0.234 e. The fraction of sp³-hybridized carbons (Fsp3) is 0.308. The zero-order valence-corrected chi connectivity index (χ0v) is 11.0. The Morgan fingerprint density at radius 2 is 1.94 bits per heavy atom. The van der Waals surface area contributed by atoms with Crippen LogP contribution in [0.4, 0.5) is 0 Å². The van der Waals surface area contributed by atoms with Gasteiger partial charge in [-0.25, -0.2) is 0 Å². The van der Waals surface area contributed by atoms with Crippen LogP contribution < -0.4 is 0 Å². The average Bonchev–Trinajstić information content (AvgIpc) is 2.97. The van der Waals surface area contributed by atoms with Crippen LogP contribution >= 0.6 is 11.3 Å². The van der Waals surface area contributed by atoms with Crippen LogP contribution in [-0.2, 0) is 19.3 Å². The summed E-state index contributed by atoms with van der Waals surface area (Å²) in [6, 6.07) is 10.5. The quantitative estimate of drug-likeness (QED) is 0.722. The standard InChI is InChI=1S/C13H14N4S/c1-2-11-14-15-13-17(11)16-12(18-13)9-8-10-6-4-3-5-7-10/h3-7H,2,8-9H2,1H3. The molecule has 0 spiro atoms. The van der Waals surface area contributed by atoms with Gasteiger partial charge < -0.3 is 0 Å². The molecular weight excluding hydrogens is 244 g/mol. The number of hydrogen-bond donors (Lipinski definition) is 0. The van der Waals surface area contributed by atoms with Gasteiger partial charge in [0, 0.05) is 12.8 Å². The van der Waals surface area contributed by atoms with Gasteiger partial charge >= 0.3 is 0 Å². The second-order valence-corrected chi connectivity index (χ2v) is 5.19. The minimum Gasteiger partial charge on any atom is -0.187 e. The Hall–Kier alpha value is -1.75. The van der Waals surface area contributed by atoms with Crippen LogP contribution in [0.15, 0.2) is 30.3 Å². The Labute approximate surface area is 109 Å². The third-order valence-corrected chi connectivity index (χ3v) is 3.84. The van der Waals surface area contributed by atoms with Crippen LogP contribution in [0.5, 0.6) is 0 Å². The van der Waals surface area contributed by atoms with Crippen molar-refractivity contribution in [2.75, 3.05) is 0 Å². The predicted octanol–water partition coefficient (Wildman–Crippen LogP) is 2.53. The number of fused-ring (bicyclic) bond motifs is 1. The first kappa shape index (κ1) is 11.3. The van der Waals surface area contributed by atoms with Gasteiger partial charge in [0.15, 0.2) is 5.82 Å². The first-order valence-corrected chi connectivity index (χ1v) is 6.92. The van der Waals surface area contributed by atoms with E-state index in [1.54, 1.807) is 11.3 Å². The lowest BCUT2D eigenvalue weighted by Crippen LogP contribution is -1.96. The van der Waals surface area contributed by atoms with Gasteiger partial charge in [0.1, 0.15) is 5.01 Å². The molecule has 3 aromatic rings. The van der Waals surface area contributed by atoms with Crippen LogP contribution in [0, 0.1) is 0 Å². The third kappa shape index (κ3) is 2.13. The zero-order valence-electron chi connectivity index (χ0n) is 10.2. The molecule has 2 heterocycles. The molecule has 2 aromatic heterocycles. The van der Waals surface area contributed by atoms with Crippen LogP contribution in [0.1, 0.15) is 23.3 Å². The summed E-state index contributed by atoms with van der Waals surface area (Å²) in [4.78, 5) is 0.898. The molecule has 0 unspecified atom stereocenters. The Kier molecular flexibility index (Phi) is 3.06. The number of aryl methyl sites for hydroxylation is 3. The van der Waals surface area contributed by atoms with E-state index in [-0.39, 0.29) is 0 Å². The van der Waals surface area contributed by atoms with E-state index in [0.717, 1.165) is 35.1 Å². The van der Waals surface area contributed by atoms with Gasteiger partial charge in [-0.15, -0.1) is 10.2 Å². The molecule has 0 bridgehead atoms. The second kappa shape index (κ2) is 4.86. The molecule has 92 valence electrons. The SMILES string of the molecule is CCc1nnc2sc(CCc3ccccc3)nn12. The monoisotopic (exact) mass is 258 g/mol. The minimum absolute atomic E-state index is 0.864. The van der Waals surface area contributed by atoms with Gasteiger partial charge in [-0.3, -0.25) is 0 Å². The Bertz CT molecular complexity index is 641. The fourth-order valence-electron chi connectivity index (χ4n) is 1.91. The summed E-state index contributed by atoms with van der Waals surface area (Å²) in [5.74, 6) is 0.937. The molecule has 18 heavy (non-hydrogen) atoms. The van der Waals surface area contributed by atoms with Crippen LogP contribution in [-0.4, -0.2) is 19.8 Å². The van der Waals surface area contributed by atoms with Gasteiger partial charge in [-0.05, 0) is 12.0 Å². The van der Waals surface area contributed by atoms with Crippen molar-refractivity contribution in [1.29, 1.82) is 0 Å². The number of nitrogens with zero attached hydrogens (tertiary/aromatic N) is 4. The first-order chi connectivity index (χ1) is 8.86. The van der Waals surface area contributed by atoms with Gasteiger partial charge in [-0.1, -0.05) is 48.6 Å². The molecule has 0 saturated carbocycles. The number of rotatable bonds is 4. The average molecular weight is 258 g/mol. The summed E-state index contributed by atoms with van der Waals surface area (Å²) in [6.07, 6.45) is 2.84. The summed E-state index contributed by atoms with van der Waals surface area (Å²) in [7, 11) is 0. The number of aromatic nitrogens is 4. The summed E-state index contributed by atoms with van der Waals surface area (Å²) in [5.41, 5.74) is 1.35. The van der Waals surface area contributed by atoms with Gasteiger partial charge in [0.05, 0.1) is 0 Å². The highest BCUT2D eigenvalue weighted by atomic mass is 32.1. The van der Waals surface area contributed by atoms with Gasteiger partial charge in [0.25, 0.3) is 0 Å². The topological polar surface area (TPSA) is 43.1 Å². The van der Waals surface area contributed by atoms with Gasteiger partial charge in [-0.2, -0.15) is 9.61 Å². The Morgan fingerprint density at radius 3 is 2.72 bits per heavy atom. The van der Waals surface area contributed by atoms with E-state index < -0.39 is 0 Å². The summed E-state index contributed by atoms with van der Waals surface area (Å²) in [6.45, 7) is 2.07. The molecule has 0 N–H and O–H groups in total. The molecular formula is C13H14N4S. The zero-order chi connectivity index (χ0) is 12.4. The molecule has 0 aliphatic heterocycles. The molecule has 0 aliphatic carbocycles. The van der Waals surface area contributed by atoms with Crippen molar-refractivity contribution < 1.29 is 0 Å². The maximum absolute atomic E-state index is 4.57. The first-order valence-electron chi connectivity index (χ1n) is 6.10. The van der Waals surface area contributed by atoms with Crippen molar-refractivity contribution in [3.8, 4) is 0 Å². The second-order valence-electron chi connectivity index (χ2n) is 4.15.